The Balaban J connectivity index is 1.96. The third-order valence-electron chi connectivity index (χ3n) is 2.84. The molecule has 0 saturated heterocycles. The number of methoxy groups -OCH3 is 1. The van der Waals surface area contributed by atoms with E-state index in [1.165, 1.54) is 5.56 Å². The Labute approximate surface area is 117 Å². The fourth-order valence-corrected chi connectivity index (χ4v) is 2.54. The fraction of sp³-hybridized carbons (Fsp3) is 0.267. The van der Waals surface area contributed by atoms with E-state index in [0.29, 0.717) is 17.9 Å². The van der Waals surface area contributed by atoms with E-state index in [1.807, 2.05) is 35.5 Å². The summed E-state index contributed by atoms with van der Waals surface area (Å²) >= 11 is 1.67. The van der Waals surface area contributed by atoms with Crippen LogP contribution in [0.25, 0.3) is 0 Å². The number of Topliss-reactive ketones (excluding diaryl/α,β-unsaturated/α-hetero) is 1. The fourth-order valence-electron chi connectivity index (χ4n) is 1.88. The number of carbonyl (C=O) groups excluding carboxylic acids is 1. The average molecular weight is 275 g/mol. The highest BCUT2D eigenvalue weighted by molar-refractivity contribution is 7.07. The Morgan fingerprint density at radius 3 is 2.89 bits per heavy atom. The van der Waals surface area contributed by atoms with E-state index >= 15 is 0 Å². The first-order valence-corrected chi connectivity index (χ1v) is 7.00. The third kappa shape index (κ3) is 3.91. The molecular formula is C15H17NO2S. The molecule has 0 atom stereocenters. The topological polar surface area (TPSA) is 29.5 Å². The summed E-state index contributed by atoms with van der Waals surface area (Å²) in [4.78, 5) is 14.2. The quantitative estimate of drug-likeness (QED) is 0.759. The number of hydrogen-bond acceptors (Lipinski definition) is 4. The minimum absolute atomic E-state index is 0.108. The summed E-state index contributed by atoms with van der Waals surface area (Å²) in [6, 6.07) is 9.36. The van der Waals surface area contributed by atoms with Crippen LogP contribution in [0.1, 0.15) is 15.9 Å². The van der Waals surface area contributed by atoms with Crippen LogP contribution in [0.3, 0.4) is 0 Å². The van der Waals surface area contributed by atoms with Gasteiger partial charge in [-0.2, -0.15) is 11.3 Å². The molecule has 0 bridgehead atoms. The van der Waals surface area contributed by atoms with Crippen LogP contribution in [-0.2, 0) is 6.54 Å². The van der Waals surface area contributed by atoms with Gasteiger partial charge in [-0.1, -0.05) is 12.1 Å². The van der Waals surface area contributed by atoms with Gasteiger partial charge in [0.25, 0.3) is 0 Å². The number of rotatable bonds is 6. The molecule has 0 aliphatic rings. The normalized spacial score (nSPS) is 10.7. The van der Waals surface area contributed by atoms with Gasteiger partial charge in [0.05, 0.1) is 13.7 Å². The van der Waals surface area contributed by atoms with Crippen molar-refractivity contribution in [2.75, 3.05) is 20.7 Å². The summed E-state index contributed by atoms with van der Waals surface area (Å²) in [5.41, 5.74) is 1.93. The van der Waals surface area contributed by atoms with E-state index in [2.05, 4.69) is 11.4 Å². The number of hydrogen-bond donors (Lipinski definition) is 0. The van der Waals surface area contributed by atoms with Crippen LogP contribution in [0, 0.1) is 0 Å². The summed E-state index contributed by atoms with van der Waals surface area (Å²) in [5, 5.41) is 4.15. The number of benzene rings is 1. The maximum absolute atomic E-state index is 12.2. The van der Waals surface area contributed by atoms with Crippen LogP contribution in [-0.4, -0.2) is 31.4 Å². The van der Waals surface area contributed by atoms with Crippen molar-refractivity contribution in [3.63, 3.8) is 0 Å². The molecule has 2 rings (SSSR count). The molecule has 1 aromatic heterocycles. The van der Waals surface area contributed by atoms with Gasteiger partial charge in [-0.05, 0) is 41.6 Å². The molecule has 0 N–H and O–H groups in total. The van der Waals surface area contributed by atoms with Gasteiger partial charge in [-0.3, -0.25) is 9.69 Å². The first-order valence-electron chi connectivity index (χ1n) is 6.06. The second-order valence-electron chi connectivity index (χ2n) is 4.46. The van der Waals surface area contributed by atoms with Crippen LogP contribution in [0.15, 0.2) is 41.1 Å². The number of carbonyl (C=O) groups is 1. The number of ether oxygens (including phenoxy) is 1. The molecule has 100 valence electrons. The molecule has 4 heteroatoms. The lowest BCUT2D eigenvalue weighted by Gasteiger charge is -2.15. The Bertz CT molecular complexity index is 537. The highest BCUT2D eigenvalue weighted by atomic mass is 32.1. The van der Waals surface area contributed by atoms with Gasteiger partial charge in [0.2, 0.25) is 0 Å². The SMILES string of the molecule is COc1cccc(C(=O)CN(C)Cc2ccsc2)c1. The van der Waals surface area contributed by atoms with Crippen LogP contribution >= 0.6 is 11.3 Å². The highest BCUT2D eigenvalue weighted by Crippen LogP contribution is 2.14. The van der Waals surface area contributed by atoms with Crippen molar-refractivity contribution in [2.24, 2.45) is 0 Å². The van der Waals surface area contributed by atoms with Gasteiger partial charge in [0.15, 0.2) is 5.78 Å². The van der Waals surface area contributed by atoms with Crippen LogP contribution in [0.5, 0.6) is 5.75 Å². The van der Waals surface area contributed by atoms with E-state index in [4.69, 9.17) is 4.74 Å². The van der Waals surface area contributed by atoms with Crippen molar-refractivity contribution in [1.29, 1.82) is 0 Å². The molecule has 0 fully saturated rings. The summed E-state index contributed by atoms with van der Waals surface area (Å²) in [6.07, 6.45) is 0. The zero-order valence-corrected chi connectivity index (χ0v) is 11.9. The van der Waals surface area contributed by atoms with Crippen LogP contribution in [0.2, 0.25) is 0 Å². The zero-order valence-electron chi connectivity index (χ0n) is 11.1. The molecule has 3 nitrogen and oxygen atoms in total. The van der Waals surface area contributed by atoms with Crippen molar-refractivity contribution in [3.8, 4) is 5.75 Å². The van der Waals surface area contributed by atoms with E-state index in [9.17, 15) is 4.79 Å². The molecule has 0 amide bonds. The Morgan fingerprint density at radius 2 is 2.21 bits per heavy atom. The van der Waals surface area contributed by atoms with E-state index in [-0.39, 0.29) is 5.78 Å². The maximum Gasteiger partial charge on any atom is 0.176 e. The molecule has 0 spiro atoms. The zero-order chi connectivity index (χ0) is 13.7. The van der Waals surface area contributed by atoms with E-state index in [1.54, 1.807) is 24.5 Å². The summed E-state index contributed by atoms with van der Waals surface area (Å²) in [6.45, 7) is 1.20. The van der Waals surface area contributed by atoms with E-state index in [0.717, 1.165) is 6.54 Å². The standard InChI is InChI=1S/C15H17NO2S/c1-16(9-12-6-7-19-11-12)10-15(17)13-4-3-5-14(8-13)18-2/h3-8,11H,9-10H2,1-2H3. The monoisotopic (exact) mass is 275 g/mol. The lowest BCUT2D eigenvalue weighted by molar-refractivity contribution is 0.0943. The van der Waals surface area contributed by atoms with Crippen molar-refractivity contribution >= 4 is 17.1 Å². The van der Waals surface area contributed by atoms with Crippen molar-refractivity contribution < 1.29 is 9.53 Å². The highest BCUT2D eigenvalue weighted by Gasteiger charge is 2.10. The van der Waals surface area contributed by atoms with Crippen LogP contribution in [0.4, 0.5) is 0 Å². The second-order valence-corrected chi connectivity index (χ2v) is 5.24. The summed E-state index contributed by atoms with van der Waals surface area (Å²) in [7, 11) is 3.56. The molecular weight excluding hydrogens is 258 g/mol. The third-order valence-corrected chi connectivity index (χ3v) is 3.57. The van der Waals surface area contributed by atoms with Crippen LogP contribution < -0.4 is 4.74 Å². The Kier molecular flexibility index (Phi) is 4.71. The van der Waals surface area contributed by atoms with Gasteiger partial charge in [-0.25, -0.2) is 0 Å². The molecule has 2 aromatic rings. The average Bonchev–Trinajstić information content (AvgIpc) is 2.91. The minimum atomic E-state index is 0.108. The Hall–Kier alpha value is -1.65. The number of thiophene rings is 1. The molecule has 0 saturated carbocycles. The second kappa shape index (κ2) is 6.50. The molecule has 0 aliphatic carbocycles. The summed E-state index contributed by atoms with van der Waals surface area (Å²) in [5.74, 6) is 0.822. The molecule has 0 radical (unpaired) electrons. The first-order chi connectivity index (χ1) is 9.19. The smallest absolute Gasteiger partial charge is 0.176 e. The van der Waals surface area contributed by atoms with Crippen molar-refractivity contribution in [1.82, 2.24) is 4.90 Å². The predicted octanol–water partition coefficient (Wildman–Crippen LogP) is 3.07. The predicted molar refractivity (Wildman–Crippen MR) is 78.0 cm³/mol. The maximum atomic E-state index is 12.2. The van der Waals surface area contributed by atoms with Crippen molar-refractivity contribution in [3.05, 3.63) is 52.2 Å². The van der Waals surface area contributed by atoms with Gasteiger partial charge in [0.1, 0.15) is 5.75 Å². The van der Waals surface area contributed by atoms with Gasteiger partial charge >= 0.3 is 0 Å². The minimum Gasteiger partial charge on any atom is -0.497 e. The lowest BCUT2D eigenvalue weighted by atomic mass is 10.1. The lowest BCUT2D eigenvalue weighted by Crippen LogP contribution is -2.25. The van der Waals surface area contributed by atoms with E-state index < -0.39 is 0 Å². The number of ketones is 1. The van der Waals surface area contributed by atoms with Crippen molar-refractivity contribution in [2.45, 2.75) is 6.54 Å². The summed E-state index contributed by atoms with van der Waals surface area (Å²) < 4.78 is 5.13. The largest absolute Gasteiger partial charge is 0.497 e. The number of nitrogens with zero attached hydrogens (tertiary/aromatic N) is 1. The van der Waals surface area contributed by atoms with Gasteiger partial charge in [-0.15, -0.1) is 0 Å². The molecule has 1 aromatic carbocycles. The molecule has 1 heterocycles. The van der Waals surface area contributed by atoms with Gasteiger partial charge < -0.3 is 4.74 Å². The first kappa shape index (κ1) is 13.8. The molecule has 0 unspecified atom stereocenters. The van der Waals surface area contributed by atoms with Gasteiger partial charge in [0, 0.05) is 12.1 Å². The molecule has 19 heavy (non-hydrogen) atoms. The molecule has 0 aliphatic heterocycles. The Morgan fingerprint density at radius 1 is 1.37 bits per heavy atom. The number of likely N-dealkylation sites (N-methyl/N-ethyl adjacent to an activating group) is 1.